The molecule has 0 saturated carbocycles. The number of hydrogen-bond donors (Lipinski definition) is 2. The number of anilines is 2. The van der Waals surface area contributed by atoms with Gasteiger partial charge in [-0.1, -0.05) is 0 Å². The van der Waals surface area contributed by atoms with E-state index in [1.165, 1.54) is 4.68 Å². The highest BCUT2D eigenvalue weighted by Crippen LogP contribution is 2.14. The third kappa shape index (κ3) is 2.18. The lowest BCUT2D eigenvalue weighted by atomic mass is 10.2. The van der Waals surface area contributed by atoms with Crippen molar-refractivity contribution in [1.82, 2.24) is 14.8 Å². The number of benzene rings is 1. The highest BCUT2D eigenvalue weighted by atomic mass is 15.4. The quantitative estimate of drug-likeness (QED) is 0.822. The van der Waals surface area contributed by atoms with Gasteiger partial charge in [-0.15, -0.1) is 5.10 Å². The zero-order valence-corrected chi connectivity index (χ0v) is 9.38. The number of nitrogens with zero attached hydrogens (tertiary/aromatic N) is 4. The fourth-order valence-electron chi connectivity index (χ4n) is 1.42. The summed E-state index contributed by atoms with van der Waals surface area (Å²) in [5.74, 6) is 0.806. The number of nitrogens with one attached hydrogen (secondary N) is 1. The Morgan fingerprint density at radius 1 is 1.41 bits per heavy atom. The summed E-state index contributed by atoms with van der Waals surface area (Å²) in [4.78, 5) is 4.07. The van der Waals surface area contributed by atoms with Gasteiger partial charge in [-0.2, -0.15) is 14.9 Å². The Hall–Kier alpha value is -2.55. The van der Waals surface area contributed by atoms with Crippen LogP contribution in [0.5, 0.6) is 0 Å². The number of nitrogens with two attached hydrogens (primary N) is 1. The van der Waals surface area contributed by atoms with Crippen molar-refractivity contribution in [3.63, 3.8) is 0 Å². The van der Waals surface area contributed by atoms with Gasteiger partial charge in [0.2, 0.25) is 11.9 Å². The van der Waals surface area contributed by atoms with Gasteiger partial charge in [0, 0.05) is 6.54 Å². The molecule has 0 radical (unpaired) electrons. The first-order valence-corrected chi connectivity index (χ1v) is 5.21. The molecule has 17 heavy (non-hydrogen) atoms. The topological polar surface area (TPSA) is 92.5 Å². The molecule has 1 aromatic carbocycles. The molecule has 0 spiro atoms. The number of aromatic nitrogens is 3. The van der Waals surface area contributed by atoms with Crippen LogP contribution in [0.3, 0.4) is 0 Å². The average molecular weight is 228 g/mol. The van der Waals surface area contributed by atoms with E-state index in [4.69, 9.17) is 11.0 Å². The summed E-state index contributed by atoms with van der Waals surface area (Å²) >= 11 is 0. The second-order valence-electron chi connectivity index (χ2n) is 3.39. The van der Waals surface area contributed by atoms with Crippen molar-refractivity contribution in [3.8, 4) is 11.8 Å². The molecule has 0 aliphatic heterocycles. The molecule has 0 amide bonds. The molecule has 86 valence electrons. The van der Waals surface area contributed by atoms with Crippen molar-refractivity contribution in [3.05, 3.63) is 29.8 Å². The number of rotatable bonds is 3. The maximum atomic E-state index is 8.71. The normalized spacial score (nSPS) is 9.88. The van der Waals surface area contributed by atoms with Gasteiger partial charge in [-0.3, -0.25) is 0 Å². The van der Waals surface area contributed by atoms with Gasteiger partial charge in [0.15, 0.2) is 0 Å². The van der Waals surface area contributed by atoms with Crippen LogP contribution in [0.2, 0.25) is 0 Å². The largest absolute Gasteiger partial charge is 0.368 e. The molecule has 2 aromatic rings. The molecule has 1 heterocycles. The van der Waals surface area contributed by atoms with E-state index in [9.17, 15) is 0 Å². The summed E-state index contributed by atoms with van der Waals surface area (Å²) in [6.07, 6.45) is 0. The van der Waals surface area contributed by atoms with Crippen LogP contribution >= 0.6 is 0 Å². The monoisotopic (exact) mass is 228 g/mol. The predicted octanol–water partition coefficient (Wildman–Crippen LogP) is 1.15. The lowest BCUT2D eigenvalue weighted by Crippen LogP contribution is -2.02. The van der Waals surface area contributed by atoms with E-state index in [2.05, 4.69) is 21.5 Å². The van der Waals surface area contributed by atoms with Crippen LogP contribution in [0.1, 0.15) is 12.5 Å². The average Bonchev–Trinajstić information content (AvgIpc) is 2.71. The fraction of sp³-hybridized carbons (Fsp3) is 0.182. The number of hydrogen-bond acceptors (Lipinski definition) is 5. The minimum absolute atomic E-state index is 0.311. The van der Waals surface area contributed by atoms with Gasteiger partial charge < -0.3 is 11.1 Å². The lowest BCUT2D eigenvalue weighted by molar-refractivity contribution is 0.889. The van der Waals surface area contributed by atoms with E-state index in [-0.39, 0.29) is 0 Å². The molecule has 0 aliphatic rings. The van der Waals surface area contributed by atoms with Gasteiger partial charge in [-0.05, 0) is 31.2 Å². The second-order valence-corrected chi connectivity index (χ2v) is 3.39. The molecule has 0 fully saturated rings. The van der Waals surface area contributed by atoms with Gasteiger partial charge in [0.25, 0.3) is 0 Å². The molecule has 6 heteroatoms. The Kier molecular flexibility index (Phi) is 2.92. The molecule has 0 atom stereocenters. The van der Waals surface area contributed by atoms with Gasteiger partial charge in [0.1, 0.15) is 0 Å². The molecule has 0 bridgehead atoms. The third-order valence-electron chi connectivity index (χ3n) is 2.21. The van der Waals surface area contributed by atoms with E-state index in [0.29, 0.717) is 17.5 Å². The molecule has 1 aromatic heterocycles. The summed E-state index contributed by atoms with van der Waals surface area (Å²) in [6.45, 7) is 2.69. The molecule has 0 unspecified atom stereocenters. The maximum Gasteiger partial charge on any atom is 0.244 e. The summed E-state index contributed by atoms with van der Waals surface area (Å²) in [5, 5.41) is 15.9. The Balaban J connectivity index is 2.35. The van der Waals surface area contributed by atoms with Crippen LogP contribution in [0.4, 0.5) is 11.9 Å². The summed E-state index contributed by atoms with van der Waals surface area (Å²) in [7, 11) is 0. The van der Waals surface area contributed by atoms with Crippen LogP contribution in [0.25, 0.3) is 5.69 Å². The van der Waals surface area contributed by atoms with Crippen LogP contribution in [0.15, 0.2) is 24.3 Å². The molecule has 0 aliphatic carbocycles. The van der Waals surface area contributed by atoms with Crippen LogP contribution in [0, 0.1) is 11.3 Å². The number of nitriles is 1. The Morgan fingerprint density at radius 2 is 2.12 bits per heavy atom. The van der Waals surface area contributed by atoms with Crippen molar-refractivity contribution >= 4 is 11.9 Å². The van der Waals surface area contributed by atoms with Crippen LogP contribution in [-0.2, 0) is 0 Å². The van der Waals surface area contributed by atoms with Crippen molar-refractivity contribution in [2.24, 2.45) is 0 Å². The Labute approximate surface area is 98.7 Å². The van der Waals surface area contributed by atoms with E-state index in [1.807, 2.05) is 6.92 Å². The molecule has 0 saturated heterocycles. The number of nitrogen functional groups attached to an aromatic ring is 1. The lowest BCUT2D eigenvalue weighted by Gasteiger charge is -2.01. The van der Waals surface area contributed by atoms with Crippen molar-refractivity contribution in [1.29, 1.82) is 5.26 Å². The van der Waals surface area contributed by atoms with Crippen molar-refractivity contribution in [2.75, 3.05) is 17.6 Å². The summed E-state index contributed by atoms with van der Waals surface area (Å²) in [6, 6.07) is 9.03. The molecule has 3 N–H and O–H groups in total. The highest BCUT2D eigenvalue weighted by Gasteiger charge is 2.07. The maximum absolute atomic E-state index is 8.71. The first kappa shape index (κ1) is 11.0. The van der Waals surface area contributed by atoms with Crippen LogP contribution < -0.4 is 11.1 Å². The summed E-state index contributed by atoms with van der Waals surface area (Å²) in [5.41, 5.74) is 7.13. The smallest absolute Gasteiger partial charge is 0.244 e. The van der Waals surface area contributed by atoms with Gasteiger partial charge in [0.05, 0.1) is 17.3 Å². The SMILES string of the molecule is CCNc1nc(N)n(-c2ccc(C#N)cc2)n1. The Bertz CT molecular complexity index is 548. The zero-order valence-electron chi connectivity index (χ0n) is 9.38. The van der Waals surface area contributed by atoms with Crippen molar-refractivity contribution < 1.29 is 0 Å². The predicted molar refractivity (Wildman–Crippen MR) is 64.7 cm³/mol. The fourth-order valence-corrected chi connectivity index (χ4v) is 1.42. The van der Waals surface area contributed by atoms with E-state index < -0.39 is 0 Å². The van der Waals surface area contributed by atoms with E-state index in [0.717, 1.165) is 12.2 Å². The van der Waals surface area contributed by atoms with Gasteiger partial charge >= 0.3 is 0 Å². The van der Waals surface area contributed by atoms with E-state index >= 15 is 0 Å². The highest BCUT2D eigenvalue weighted by molar-refractivity contribution is 5.44. The molecule has 2 rings (SSSR count). The third-order valence-corrected chi connectivity index (χ3v) is 2.21. The minimum atomic E-state index is 0.311. The standard InChI is InChI=1S/C11H12N6/c1-2-14-11-15-10(13)17(16-11)9-5-3-8(7-12)4-6-9/h3-6H,2H2,1H3,(H3,13,14,15,16). The first-order chi connectivity index (χ1) is 8.24. The molecule has 6 nitrogen and oxygen atoms in total. The van der Waals surface area contributed by atoms with Crippen LogP contribution in [-0.4, -0.2) is 21.3 Å². The zero-order chi connectivity index (χ0) is 12.3. The van der Waals surface area contributed by atoms with E-state index in [1.54, 1.807) is 24.3 Å². The second kappa shape index (κ2) is 4.53. The summed E-state index contributed by atoms with van der Waals surface area (Å²) < 4.78 is 1.53. The molecular formula is C11H12N6. The molecular weight excluding hydrogens is 216 g/mol. The first-order valence-electron chi connectivity index (χ1n) is 5.21. The van der Waals surface area contributed by atoms with Gasteiger partial charge in [-0.25, -0.2) is 0 Å². The van der Waals surface area contributed by atoms with Crippen molar-refractivity contribution in [2.45, 2.75) is 6.92 Å². The Morgan fingerprint density at radius 3 is 2.71 bits per heavy atom. The minimum Gasteiger partial charge on any atom is -0.368 e.